The SMILES string of the molecule is CC.Cc1cc(C(=O)O)cc(C2=NNC(c3cc(C(=O)O)cc(S(C)(C)C)c3)=NN2)c1. The molecule has 4 N–H and O–H groups in total. The number of hydrogen-bond acceptors (Lipinski definition) is 6. The molecule has 0 atom stereocenters. The van der Waals surface area contributed by atoms with E-state index in [1.807, 2.05) is 19.9 Å². The molecule has 0 spiro atoms. The van der Waals surface area contributed by atoms with E-state index in [4.69, 9.17) is 0 Å². The number of rotatable bonds is 5. The van der Waals surface area contributed by atoms with Crippen molar-refractivity contribution in [1.82, 2.24) is 10.9 Å². The van der Waals surface area contributed by atoms with Crippen molar-refractivity contribution in [3.63, 3.8) is 0 Å². The average Bonchev–Trinajstić information content (AvgIpc) is 2.74. The van der Waals surface area contributed by atoms with Crippen LogP contribution < -0.4 is 10.9 Å². The number of hydrazone groups is 2. The highest BCUT2D eigenvalue weighted by atomic mass is 32.3. The number of amidine groups is 2. The summed E-state index contributed by atoms with van der Waals surface area (Å²) >= 11 is 0. The average molecular weight is 445 g/mol. The van der Waals surface area contributed by atoms with Crippen LogP contribution in [0.15, 0.2) is 51.5 Å². The zero-order valence-electron chi connectivity index (χ0n) is 18.5. The molecule has 1 aliphatic rings. The van der Waals surface area contributed by atoms with Gasteiger partial charge in [-0.3, -0.25) is 10.9 Å². The van der Waals surface area contributed by atoms with Gasteiger partial charge in [-0.15, -0.1) is 0 Å². The van der Waals surface area contributed by atoms with Crippen LogP contribution in [0.1, 0.15) is 51.3 Å². The molecule has 1 aliphatic heterocycles. The van der Waals surface area contributed by atoms with Crippen LogP contribution in [0, 0.1) is 6.92 Å². The van der Waals surface area contributed by atoms with E-state index in [1.165, 1.54) is 6.07 Å². The van der Waals surface area contributed by atoms with E-state index in [0.29, 0.717) is 22.8 Å². The number of carbonyl (C=O) groups is 2. The van der Waals surface area contributed by atoms with Crippen LogP contribution in [0.4, 0.5) is 0 Å². The maximum Gasteiger partial charge on any atom is 0.335 e. The molecule has 1 heterocycles. The van der Waals surface area contributed by atoms with Gasteiger partial charge in [0, 0.05) is 11.1 Å². The number of carboxylic acid groups (broad SMARTS) is 2. The molecule has 0 bridgehead atoms. The number of nitrogens with zero attached hydrogens (tertiary/aromatic N) is 2. The molecule has 0 aromatic heterocycles. The molecular formula is C22H28N4O4S. The number of hydrogen-bond donors (Lipinski definition) is 4. The van der Waals surface area contributed by atoms with Crippen molar-refractivity contribution in [1.29, 1.82) is 0 Å². The van der Waals surface area contributed by atoms with Crippen molar-refractivity contribution in [3.05, 3.63) is 64.2 Å². The number of aromatic carboxylic acids is 2. The summed E-state index contributed by atoms with van der Waals surface area (Å²) in [6.07, 6.45) is 6.25. The third-order valence-electron chi connectivity index (χ3n) is 4.28. The van der Waals surface area contributed by atoms with E-state index in [1.54, 1.807) is 31.2 Å². The standard InChI is InChI=1S/C20H22N4O4S.C2H6/c1-11-5-12(7-14(6-11)19(25)26)17-21-23-18(24-22-17)13-8-15(20(27)28)10-16(9-13)29(2,3)4;1-2/h5-10H,1-4H3,(H,21,22)(H,23,24)(H,25,26)(H,27,28);1-2H3. The fourth-order valence-electron chi connectivity index (χ4n) is 2.78. The van der Waals surface area contributed by atoms with Crippen LogP contribution >= 0.6 is 10.0 Å². The lowest BCUT2D eigenvalue weighted by atomic mass is 10.1. The number of benzene rings is 2. The second kappa shape index (κ2) is 9.65. The smallest absolute Gasteiger partial charge is 0.335 e. The predicted octanol–water partition coefficient (Wildman–Crippen LogP) is 3.69. The van der Waals surface area contributed by atoms with Crippen LogP contribution in [0.3, 0.4) is 0 Å². The zero-order chi connectivity index (χ0) is 23.3. The fourth-order valence-corrected chi connectivity index (χ4v) is 3.74. The minimum atomic E-state index is -1.15. The summed E-state index contributed by atoms with van der Waals surface area (Å²) in [5.41, 5.74) is 7.98. The van der Waals surface area contributed by atoms with Gasteiger partial charge in [-0.2, -0.15) is 10.2 Å². The Morgan fingerprint density at radius 3 is 1.65 bits per heavy atom. The second-order valence-electron chi connectivity index (χ2n) is 7.43. The van der Waals surface area contributed by atoms with Crippen molar-refractivity contribution in [2.24, 2.45) is 10.2 Å². The highest BCUT2D eigenvalue weighted by Gasteiger charge is 2.19. The Hall–Kier alpha value is -3.33. The van der Waals surface area contributed by atoms with Crippen molar-refractivity contribution in [2.75, 3.05) is 18.8 Å². The minimum Gasteiger partial charge on any atom is -0.478 e. The Morgan fingerprint density at radius 2 is 1.23 bits per heavy atom. The van der Waals surface area contributed by atoms with Crippen LogP contribution in [0.2, 0.25) is 0 Å². The van der Waals surface area contributed by atoms with Gasteiger partial charge in [0.25, 0.3) is 0 Å². The first-order chi connectivity index (χ1) is 14.5. The third kappa shape index (κ3) is 5.85. The van der Waals surface area contributed by atoms with Gasteiger partial charge < -0.3 is 10.2 Å². The van der Waals surface area contributed by atoms with Gasteiger partial charge in [0.15, 0.2) is 11.7 Å². The molecule has 0 amide bonds. The molecule has 0 saturated heterocycles. The Balaban J connectivity index is 0.00000166. The highest BCUT2D eigenvalue weighted by molar-refractivity contribution is 8.32. The van der Waals surface area contributed by atoms with Crippen LogP contribution in [0.5, 0.6) is 0 Å². The van der Waals surface area contributed by atoms with Gasteiger partial charge in [-0.1, -0.05) is 13.8 Å². The molecule has 0 radical (unpaired) electrons. The van der Waals surface area contributed by atoms with Gasteiger partial charge >= 0.3 is 11.9 Å². The number of nitrogens with one attached hydrogen (secondary N) is 2. The lowest BCUT2D eigenvalue weighted by Gasteiger charge is -2.27. The normalized spacial score (nSPS) is 13.5. The van der Waals surface area contributed by atoms with Crippen LogP contribution in [-0.2, 0) is 0 Å². The minimum absolute atomic E-state index is 0.159. The van der Waals surface area contributed by atoms with Gasteiger partial charge in [-0.05, 0) is 72.5 Å². The number of carboxylic acids is 2. The number of aryl methyl sites for hydroxylation is 1. The molecule has 166 valence electrons. The topological polar surface area (TPSA) is 123 Å². The van der Waals surface area contributed by atoms with Crippen molar-refractivity contribution < 1.29 is 19.8 Å². The largest absolute Gasteiger partial charge is 0.478 e. The summed E-state index contributed by atoms with van der Waals surface area (Å²) in [5, 5.41) is 27.2. The van der Waals surface area contributed by atoms with Crippen molar-refractivity contribution >= 4 is 33.6 Å². The molecule has 2 aromatic rings. The van der Waals surface area contributed by atoms with Crippen LogP contribution in [0.25, 0.3) is 0 Å². The molecule has 0 saturated carbocycles. The van der Waals surface area contributed by atoms with E-state index < -0.39 is 22.0 Å². The molecule has 3 rings (SSSR count). The summed E-state index contributed by atoms with van der Waals surface area (Å²) in [5.74, 6) is -1.28. The van der Waals surface area contributed by atoms with Gasteiger partial charge in [0.05, 0.1) is 11.1 Å². The summed E-state index contributed by atoms with van der Waals surface area (Å²) < 4.78 is 0. The molecule has 9 heteroatoms. The van der Waals surface area contributed by atoms with E-state index in [2.05, 4.69) is 39.8 Å². The summed E-state index contributed by atoms with van der Waals surface area (Å²) in [4.78, 5) is 23.7. The van der Waals surface area contributed by atoms with Gasteiger partial charge in [0.1, 0.15) is 0 Å². The molecule has 0 unspecified atom stereocenters. The lowest BCUT2D eigenvalue weighted by molar-refractivity contribution is 0.0686. The van der Waals surface area contributed by atoms with E-state index in [0.717, 1.165) is 10.5 Å². The van der Waals surface area contributed by atoms with Crippen molar-refractivity contribution in [2.45, 2.75) is 25.7 Å². The zero-order valence-corrected chi connectivity index (χ0v) is 19.3. The van der Waals surface area contributed by atoms with Crippen molar-refractivity contribution in [3.8, 4) is 0 Å². The van der Waals surface area contributed by atoms with E-state index >= 15 is 0 Å². The summed E-state index contributed by atoms with van der Waals surface area (Å²) in [6.45, 7) is 5.80. The Morgan fingerprint density at radius 1 is 0.774 bits per heavy atom. The first kappa shape index (κ1) is 23.9. The molecule has 2 aromatic carbocycles. The fraction of sp³-hybridized carbons (Fsp3) is 0.273. The molecule has 8 nitrogen and oxygen atoms in total. The molecule has 0 fully saturated rings. The molecule has 31 heavy (non-hydrogen) atoms. The third-order valence-corrected chi connectivity index (χ3v) is 5.93. The summed E-state index contributed by atoms with van der Waals surface area (Å²) in [6, 6.07) is 10.0. The molecular weight excluding hydrogens is 416 g/mol. The highest BCUT2D eigenvalue weighted by Crippen LogP contribution is 2.45. The van der Waals surface area contributed by atoms with E-state index in [-0.39, 0.29) is 11.1 Å². The molecule has 0 aliphatic carbocycles. The second-order valence-corrected chi connectivity index (χ2v) is 11.6. The predicted molar refractivity (Wildman–Crippen MR) is 126 cm³/mol. The lowest BCUT2D eigenvalue weighted by Crippen LogP contribution is -2.34. The summed E-state index contributed by atoms with van der Waals surface area (Å²) in [7, 11) is -1.15. The van der Waals surface area contributed by atoms with Gasteiger partial charge in [0.2, 0.25) is 0 Å². The maximum absolute atomic E-state index is 11.5. The van der Waals surface area contributed by atoms with Gasteiger partial charge in [-0.25, -0.2) is 19.6 Å². The first-order valence-electron chi connectivity index (χ1n) is 9.64. The van der Waals surface area contributed by atoms with E-state index in [9.17, 15) is 19.8 Å². The van der Waals surface area contributed by atoms with Crippen LogP contribution in [-0.4, -0.2) is 52.6 Å². The first-order valence-corrected chi connectivity index (χ1v) is 12.5. The maximum atomic E-state index is 11.5. The Kier molecular flexibility index (Phi) is 7.46. The monoisotopic (exact) mass is 444 g/mol. The Labute approximate surface area is 183 Å². The quantitative estimate of drug-likeness (QED) is 0.558. The Bertz CT molecular complexity index is 1070.